The van der Waals surface area contributed by atoms with Crippen LogP contribution in [0.4, 0.5) is 0 Å². The molecule has 3 rings (SSSR count). The second-order valence-corrected chi connectivity index (χ2v) is 10.5. The largest absolute Gasteiger partial charge is 0.481 e. The maximum Gasteiger partial charge on any atom is 0.328 e. The molecule has 0 radical (unpaired) electrons. The van der Waals surface area contributed by atoms with E-state index in [4.69, 9.17) is 10.5 Å². The summed E-state index contributed by atoms with van der Waals surface area (Å²) in [5, 5.41) is 24.7. The molecule has 6 N–H and O–H groups in total. The fourth-order valence-electron chi connectivity index (χ4n) is 4.62. The van der Waals surface area contributed by atoms with Crippen LogP contribution in [0.3, 0.4) is 0 Å². The molecule has 0 heterocycles. The highest BCUT2D eigenvalue weighted by Gasteiger charge is 2.38. The summed E-state index contributed by atoms with van der Waals surface area (Å²) in [6, 6.07) is 22.1. The number of ether oxygens (including phenoxy) is 1. The zero-order valence-electron chi connectivity index (χ0n) is 24.3. The molecule has 0 saturated carbocycles. The van der Waals surface area contributed by atoms with Crippen molar-refractivity contribution in [1.82, 2.24) is 10.6 Å². The monoisotopic (exact) mass is 603 g/mol. The van der Waals surface area contributed by atoms with Gasteiger partial charge in [-0.15, -0.1) is 0 Å². The zero-order chi connectivity index (χ0) is 32.1. The normalized spacial score (nSPS) is 14.2. The first-order valence-corrected chi connectivity index (χ1v) is 14.2. The lowest BCUT2D eigenvalue weighted by molar-refractivity contribution is -0.150. The molecule has 0 spiro atoms. The van der Waals surface area contributed by atoms with Gasteiger partial charge in [-0.2, -0.15) is 0 Å². The predicted octanol–water partition coefficient (Wildman–Crippen LogP) is 2.32. The molecule has 0 aliphatic rings. The molecular weight excluding hydrogens is 566 g/mol. The first-order chi connectivity index (χ1) is 21.0. The van der Waals surface area contributed by atoms with E-state index in [2.05, 4.69) is 10.6 Å². The molecular formula is C33H37N3O8. The van der Waals surface area contributed by atoms with Crippen LogP contribution in [0.5, 0.6) is 0 Å². The van der Waals surface area contributed by atoms with E-state index in [-0.39, 0.29) is 25.9 Å². The number of amides is 2. The molecule has 0 aliphatic carbocycles. The molecule has 0 aromatic heterocycles. The lowest BCUT2D eigenvalue weighted by Gasteiger charge is -2.27. The average Bonchev–Trinajstić information content (AvgIpc) is 3.02. The van der Waals surface area contributed by atoms with Crippen LogP contribution in [-0.4, -0.2) is 58.1 Å². The van der Waals surface area contributed by atoms with Gasteiger partial charge in [-0.1, -0.05) is 91.0 Å². The number of esters is 1. The molecule has 2 unspecified atom stereocenters. The van der Waals surface area contributed by atoms with Crippen LogP contribution < -0.4 is 16.4 Å². The number of benzene rings is 3. The van der Waals surface area contributed by atoms with E-state index in [1.165, 1.54) is 6.92 Å². The molecule has 5 atom stereocenters. The summed E-state index contributed by atoms with van der Waals surface area (Å²) in [6.07, 6.45) is -0.263. The predicted molar refractivity (Wildman–Crippen MR) is 161 cm³/mol. The highest BCUT2D eigenvalue weighted by atomic mass is 16.5. The fourth-order valence-corrected chi connectivity index (χ4v) is 4.62. The molecule has 11 nitrogen and oxygen atoms in total. The van der Waals surface area contributed by atoms with Crippen molar-refractivity contribution in [2.45, 2.75) is 50.9 Å². The molecule has 232 valence electrons. The molecule has 0 fully saturated rings. The third-order valence-electron chi connectivity index (χ3n) is 7.08. The maximum absolute atomic E-state index is 13.5. The van der Waals surface area contributed by atoms with Crippen molar-refractivity contribution in [3.05, 3.63) is 108 Å². The Hall–Kier alpha value is -5.03. The number of hydrogen-bond donors (Lipinski definition) is 5. The number of carboxylic acids is 2. The summed E-state index contributed by atoms with van der Waals surface area (Å²) >= 11 is 0. The molecule has 11 heteroatoms. The zero-order valence-corrected chi connectivity index (χ0v) is 24.3. The lowest BCUT2D eigenvalue weighted by Crippen LogP contribution is -2.58. The number of carboxylic acid groups (broad SMARTS) is 2. The Morgan fingerprint density at radius 3 is 1.70 bits per heavy atom. The van der Waals surface area contributed by atoms with Crippen LogP contribution in [0.2, 0.25) is 0 Å². The highest BCUT2D eigenvalue weighted by Crippen LogP contribution is 2.17. The number of carbonyl (C=O) groups is 5. The van der Waals surface area contributed by atoms with Crippen LogP contribution in [-0.2, 0) is 48.2 Å². The van der Waals surface area contributed by atoms with Crippen molar-refractivity contribution in [2.75, 3.05) is 0 Å². The second-order valence-electron chi connectivity index (χ2n) is 10.5. The van der Waals surface area contributed by atoms with E-state index >= 15 is 0 Å². The van der Waals surface area contributed by atoms with Crippen LogP contribution in [0.1, 0.15) is 30.0 Å². The number of nitrogens with one attached hydrogen (secondary N) is 2. The number of carbonyl (C=O) groups excluding carboxylic acids is 3. The fraction of sp³-hybridized carbons (Fsp3) is 0.303. The van der Waals surface area contributed by atoms with Crippen molar-refractivity contribution in [2.24, 2.45) is 17.6 Å². The molecule has 0 aliphatic heterocycles. The van der Waals surface area contributed by atoms with Gasteiger partial charge in [0.15, 0.2) is 0 Å². The topological polar surface area (TPSA) is 185 Å². The summed E-state index contributed by atoms with van der Waals surface area (Å²) < 4.78 is 5.28. The number of aliphatic carboxylic acids is 2. The number of rotatable bonds is 16. The Bertz CT molecular complexity index is 1400. The van der Waals surface area contributed by atoms with Crippen LogP contribution >= 0.6 is 0 Å². The molecule has 0 bridgehead atoms. The minimum Gasteiger partial charge on any atom is -0.481 e. The molecule has 44 heavy (non-hydrogen) atoms. The van der Waals surface area contributed by atoms with Crippen molar-refractivity contribution < 1.29 is 38.9 Å². The third-order valence-corrected chi connectivity index (χ3v) is 7.08. The lowest BCUT2D eigenvalue weighted by atomic mass is 9.90. The summed E-state index contributed by atoms with van der Waals surface area (Å²) in [4.78, 5) is 63.7. The van der Waals surface area contributed by atoms with E-state index < -0.39 is 59.7 Å². The van der Waals surface area contributed by atoms with E-state index in [0.717, 1.165) is 11.1 Å². The highest BCUT2D eigenvalue weighted by molar-refractivity contribution is 5.95. The molecule has 2 amide bonds. The quantitative estimate of drug-likeness (QED) is 0.153. The van der Waals surface area contributed by atoms with Crippen molar-refractivity contribution in [3.63, 3.8) is 0 Å². The second kappa shape index (κ2) is 16.6. The standard InChI is InChI=1S/C33H37N3O8/c1-21(33(43)44-20-24-15-9-4-10-16-24)35-30(38)28(26(32(41)42)18-23-13-7-3-8-14-23)36-29(37)27(34)19-25(31(39)40)17-22-11-5-2-6-12-22/h2-16,21,25-28H,17-20,34H2,1H3,(H,35,38)(H,36,37)(H,39,40)(H,41,42)/t21-,25?,26?,27-,28-/m0/s1. The van der Waals surface area contributed by atoms with E-state index in [9.17, 15) is 34.2 Å². The van der Waals surface area contributed by atoms with E-state index in [0.29, 0.717) is 5.56 Å². The first-order valence-electron chi connectivity index (χ1n) is 14.2. The van der Waals surface area contributed by atoms with Crippen molar-refractivity contribution in [1.29, 1.82) is 0 Å². The van der Waals surface area contributed by atoms with Gasteiger partial charge in [0.2, 0.25) is 11.8 Å². The minimum atomic E-state index is -1.65. The Labute approximate surface area is 255 Å². The van der Waals surface area contributed by atoms with Gasteiger partial charge in [0.1, 0.15) is 18.7 Å². The number of nitrogens with two attached hydrogens (primary N) is 1. The van der Waals surface area contributed by atoms with Crippen LogP contribution in [0.15, 0.2) is 91.0 Å². The van der Waals surface area contributed by atoms with E-state index in [1.54, 1.807) is 84.9 Å². The van der Waals surface area contributed by atoms with Crippen LogP contribution in [0.25, 0.3) is 0 Å². The smallest absolute Gasteiger partial charge is 0.328 e. The Morgan fingerprint density at radius 1 is 0.705 bits per heavy atom. The summed E-state index contributed by atoms with van der Waals surface area (Å²) in [5.41, 5.74) is 8.18. The SMILES string of the molecule is C[C@H](NC(=O)[C@@H](NC(=O)[C@@H](N)CC(Cc1ccccc1)C(=O)O)C(Cc1ccccc1)C(=O)O)C(=O)OCc1ccccc1. The minimum absolute atomic E-state index is 0.0333. The Morgan fingerprint density at radius 2 is 1.20 bits per heavy atom. The number of hydrogen-bond acceptors (Lipinski definition) is 7. The molecule has 3 aromatic carbocycles. The van der Waals surface area contributed by atoms with Gasteiger partial charge in [-0.05, 0) is 42.9 Å². The van der Waals surface area contributed by atoms with Gasteiger partial charge in [0.05, 0.1) is 17.9 Å². The average molecular weight is 604 g/mol. The van der Waals surface area contributed by atoms with Crippen LogP contribution in [0, 0.1) is 11.8 Å². The maximum atomic E-state index is 13.5. The Kier molecular flexibility index (Phi) is 12.6. The third kappa shape index (κ3) is 10.4. The van der Waals surface area contributed by atoms with Crippen molar-refractivity contribution >= 4 is 29.7 Å². The van der Waals surface area contributed by atoms with Gasteiger partial charge >= 0.3 is 17.9 Å². The van der Waals surface area contributed by atoms with Gasteiger partial charge in [-0.3, -0.25) is 19.2 Å². The summed E-state index contributed by atoms with van der Waals surface area (Å²) in [5.74, 6) is -7.56. The summed E-state index contributed by atoms with van der Waals surface area (Å²) in [6.45, 7) is 1.35. The van der Waals surface area contributed by atoms with Crippen molar-refractivity contribution in [3.8, 4) is 0 Å². The first kappa shape index (κ1) is 33.5. The van der Waals surface area contributed by atoms with Gasteiger partial charge < -0.3 is 31.3 Å². The molecule has 0 saturated heterocycles. The summed E-state index contributed by atoms with van der Waals surface area (Å²) in [7, 11) is 0. The Balaban J connectivity index is 1.76. The van der Waals surface area contributed by atoms with Gasteiger partial charge in [0, 0.05) is 0 Å². The van der Waals surface area contributed by atoms with E-state index in [1.807, 2.05) is 6.07 Å². The molecule has 3 aromatic rings. The van der Waals surface area contributed by atoms with Gasteiger partial charge in [-0.25, -0.2) is 4.79 Å². The van der Waals surface area contributed by atoms with Gasteiger partial charge in [0.25, 0.3) is 0 Å².